The average Bonchev–Trinajstić information content (AvgIpc) is 2.75. The molecule has 1 saturated heterocycles. The van der Waals surface area contributed by atoms with Gasteiger partial charge in [0.1, 0.15) is 0 Å². The number of hydrogen-bond acceptors (Lipinski definition) is 3. The molecule has 2 atom stereocenters. The number of nitrogens with zero attached hydrogens (tertiary/aromatic N) is 1. The fourth-order valence-electron chi connectivity index (χ4n) is 3.77. The van der Waals surface area contributed by atoms with Crippen molar-refractivity contribution in [2.45, 2.75) is 83.3 Å². The van der Waals surface area contributed by atoms with Gasteiger partial charge in [-0.05, 0) is 50.2 Å². The monoisotopic (exact) mass is 312 g/mol. The van der Waals surface area contributed by atoms with Crippen LogP contribution >= 0.6 is 11.8 Å². The SMILES string of the molecule is CSC1CCC(N2C(=O)C(C(C)C)NC2CC(C)C)CC1. The number of carbonyl (C=O) groups excluding carboxylic acids is 1. The summed E-state index contributed by atoms with van der Waals surface area (Å²) in [6.07, 6.45) is 8.41. The third-order valence-electron chi connectivity index (χ3n) is 4.96. The maximum Gasteiger partial charge on any atom is 0.241 e. The van der Waals surface area contributed by atoms with Gasteiger partial charge in [-0.15, -0.1) is 0 Å². The van der Waals surface area contributed by atoms with E-state index < -0.39 is 0 Å². The highest BCUT2D eigenvalue weighted by Crippen LogP contribution is 2.33. The second-order valence-corrected chi connectivity index (χ2v) is 8.58. The minimum absolute atomic E-state index is 0.0204. The molecule has 122 valence electrons. The number of carbonyl (C=O) groups is 1. The van der Waals surface area contributed by atoms with Gasteiger partial charge in [-0.1, -0.05) is 27.7 Å². The summed E-state index contributed by atoms with van der Waals surface area (Å²) in [4.78, 5) is 15.1. The Hall–Kier alpha value is -0.220. The second kappa shape index (κ2) is 7.36. The van der Waals surface area contributed by atoms with E-state index in [1.807, 2.05) is 11.8 Å². The topological polar surface area (TPSA) is 32.3 Å². The normalized spacial score (nSPS) is 34.2. The molecule has 0 bridgehead atoms. The fraction of sp³-hybridized carbons (Fsp3) is 0.941. The van der Waals surface area contributed by atoms with E-state index in [1.54, 1.807) is 0 Å². The summed E-state index contributed by atoms with van der Waals surface area (Å²) in [6, 6.07) is 0.480. The molecule has 2 rings (SSSR count). The molecule has 4 heteroatoms. The van der Waals surface area contributed by atoms with Crippen molar-refractivity contribution in [2.24, 2.45) is 11.8 Å². The van der Waals surface area contributed by atoms with Crippen molar-refractivity contribution in [3.05, 3.63) is 0 Å². The van der Waals surface area contributed by atoms with E-state index in [0.717, 1.165) is 11.7 Å². The summed E-state index contributed by atoms with van der Waals surface area (Å²) >= 11 is 1.99. The van der Waals surface area contributed by atoms with E-state index in [2.05, 4.69) is 44.2 Å². The van der Waals surface area contributed by atoms with E-state index in [1.165, 1.54) is 25.7 Å². The zero-order valence-corrected chi connectivity index (χ0v) is 15.1. The summed E-state index contributed by atoms with van der Waals surface area (Å²) in [5.41, 5.74) is 0. The van der Waals surface area contributed by atoms with Crippen LogP contribution in [0.4, 0.5) is 0 Å². The predicted molar refractivity (Wildman–Crippen MR) is 91.4 cm³/mol. The molecule has 0 radical (unpaired) electrons. The van der Waals surface area contributed by atoms with E-state index in [-0.39, 0.29) is 12.2 Å². The summed E-state index contributed by atoms with van der Waals surface area (Å²) in [6.45, 7) is 8.79. The average molecular weight is 313 g/mol. The van der Waals surface area contributed by atoms with Crippen LogP contribution in [-0.2, 0) is 4.79 Å². The zero-order valence-electron chi connectivity index (χ0n) is 14.3. The van der Waals surface area contributed by atoms with Gasteiger partial charge in [-0.2, -0.15) is 11.8 Å². The number of nitrogens with one attached hydrogen (secondary N) is 1. The summed E-state index contributed by atoms with van der Waals surface area (Å²) in [5, 5.41) is 4.42. The number of rotatable bonds is 5. The van der Waals surface area contributed by atoms with Crippen molar-refractivity contribution >= 4 is 17.7 Å². The molecule has 1 saturated carbocycles. The van der Waals surface area contributed by atoms with Crippen molar-refractivity contribution in [3.63, 3.8) is 0 Å². The molecule has 1 N–H and O–H groups in total. The molecule has 1 aliphatic carbocycles. The van der Waals surface area contributed by atoms with Crippen LogP contribution in [0.25, 0.3) is 0 Å². The van der Waals surface area contributed by atoms with Crippen molar-refractivity contribution in [2.75, 3.05) is 6.26 Å². The molecule has 0 aromatic carbocycles. The first-order valence-electron chi connectivity index (χ1n) is 8.55. The van der Waals surface area contributed by atoms with Gasteiger partial charge in [0.2, 0.25) is 5.91 Å². The van der Waals surface area contributed by atoms with Gasteiger partial charge in [0.05, 0.1) is 12.2 Å². The highest BCUT2D eigenvalue weighted by molar-refractivity contribution is 7.99. The Morgan fingerprint density at radius 1 is 1.19 bits per heavy atom. The minimum atomic E-state index is 0.0204. The van der Waals surface area contributed by atoms with Crippen LogP contribution < -0.4 is 5.32 Å². The second-order valence-electron chi connectivity index (χ2n) is 7.45. The van der Waals surface area contributed by atoms with Crippen LogP contribution in [-0.4, -0.2) is 40.6 Å². The predicted octanol–water partition coefficient (Wildman–Crippen LogP) is 3.49. The van der Waals surface area contributed by atoms with E-state index in [4.69, 9.17) is 0 Å². The van der Waals surface area contributed by atoms with Crippen LogP contribution in [0.1, 0.15) is 59.8 Å². The molecule has 0 spiro atoms. The van der Waals surface area contributed by atoms with Gasteiger partial charge in [-0.3, -0.25) is 10.1 Å². The van der Waals surface area contributed by atoms with E-state index in [0.29, 0.717) is 23.8 Å². The van der Waals surface area contributed by atoms with Crippen molar-refractivity contribution in [1.29, 1.82) is 0 Å². The van der Waals surface area contributed by atoms with Crippen molar-refractivity contribution in [1.82, 2.24) is 10.2 Å². The molecule has 2 unspecified atom stereocenters. The van der Waals surface area contributed by atoms with Crippen molar-refractivity contribution < 1.29 is 4.79 Å². The summed E-state index contributed by atoms with van der Waals surface area (Å²) in [7, 11) is 0. The van der Waals surface area contributed by atoms with Gasteiger partial charge < -0.3 is 4.90 Å². The highest BCUT2D eigenvalue weighted by Gasteiger charge is 2.44. The van der Waals surface area contributed by atoms with Crippen LogP contribution in [0.2, 0.25) is 0 Å². The van der Waals surface area contributed by atoms with Crippen LogP contribution in [0.5, 0.6) is 0 Å². The maximum atomic E-state index is 12.8. The Labute approximate surface area is 134 Å². The lowest BCUT2D eigenvalue weighted by molar-refractivity contribution is -0.133. The lowest BCUT2D eigenvalue weighted by Crippen LogP contribution is -2.47. The number of amides is 1. The molecular formula is C17H32N2OS. The molecule has 1 aliphatic heterocycles. The number of hydrogen-bond donors (Lipinski definition) is 1. The summed E-state index contributed by atoms with van der Waals surface area (Å²) < 4.78 is 0. The minimum Gasteiger partial charge on any atom is -0.323 e. The molecule has 2 fully saturated rings. The fourth-order valence-corrected chi connectivity index (χ4v) is 4.52. The first kappa shape index (κ1) is 17.1. The molecule has 0 aromatic rings. The molecular weight excluding hydrogens is 280 g/mol. The Morgan fingerprint density at radius 3 is 2.29 bits per heavy atom. The molecule has 0 aromatic heterocycles. The summed E-state index contributed by atoms with van der Waals surface area (Å²) in [5.74, 6) is 1.34. The molecule has 3 nitrogen and oxygen atoms in total. The van der Waals surface area contributed by atoms with E-state index in [9.17, 15) is 4.79 Å². The van der Waals surface area contributed by atoms with Gasteiger partial charge in [0, 0.05) is 11.3 Å². The third kappa shape index (κ3) is 3.95. The Balaban J connectivity index is 2.07. The quantitative estimate of drug-likeness (QED) is 0.843. The standard InChI is InChI=1S/C17H32N2OS/c1-11(2)10-15-18-16(12(3)4)17(20)19(15)13-6-8-14(21-5)9-7-13/h11-16,18H,6-10H2,1-5H3. The molecule has 21 heavy (non-hydrogen) atoms. The Morgan fingerprint density at radius 2 is 1.81 bits per heavy atom. The molecule has 1 amide bonds. The third-order valence-corrected chi connectivity index (χ3v) is 6.10. The zero-order chi connectivity index (χ0) is 15.6. The van der Waals surface area contributed by atoms with Gasteiger partial charge >= 0.3 is 0 Å². The Bertz CT molecular complexity index is 351. The maximum absolute atomic E-state index is 12.8. The highest BCUT2D eigenvalue weighted by atomic mass is 32.2. The van der Waals surface area contributed by atoms with Crippen molar-refractivity contribution in [3.8, 4) is 0 Å². The smallest absolute Gasteiger partial charge is 0.241 e. The first-order chi connectivity index (χ1) is 9.93. The van der Waals surface area contributed by atoms with Gasteiger partial charge in [0.25, 0.3) is 0 Å². The molecule has 1 heterocycles. The lowest BCUT2D eigenvalue weighted by Gasteiger charge is -2.37. The first-order valence-corrected chi connectivity index (χ1v) is 9.83. The Kier molecular flexibility index (Phi) is 6.01. The van der Waals surface area contributed by atoms with E-state index >= 15 is 0 Å². The molecule has 2 aliphatic rings. The lowest BCUT2D eigenvalue weighted by atomic mass is 9.92. The van der Waals surface area contributed by atoms with Gasteiger partial charge in [0.15, 0.2) is 0 Å². The van der Waals surface area contributed by atoms with Crippen LogP contribution in [0.3, 0.4) is 0 Å². The van der Waals surface area contributed by atoms with Crippen LogP contribution in [0, 0.1) is 11.8 Å². The largest absolute Gasteiger partial charge is 0.323 e. The van der Waals surface area contributed by atoms with Gasteiger partial charge in [-0.25, -0.2) is 0 Å². The number of thioether (sulfide) groups is 1. The van der Waals surface area contributed by atoms with Crippen LogP contribution in [0.15, 0.2) is 0 Å².